The number of nitro groups is 2. The van der Waals surface area contributed by atoms with Crippen LogP contribution >= 0.6 is 23.5 Å². The van der Waals surface area contributed by atoms with Crippen LogP contribution in [0.1, 0.15) is 27.6 Å². The van der Waals surface area contributed by atoms with Gasteiger partial charge in [-0.2, -0.15) is 0 Å². The van der Waals surface area contributed by atoms with Crippen LogP contribution in [0.25, 0.3) is 0 Å². The van der Waals surface area contributed by atoms with E-state index in [1.54, 1.807) is 0 Å². The summed E-state index contributed by atoms with van der Waals surface area (Å²) in [5, 5.41) is 26.1. The Hall–Kier alpha value is -4.86. The van der Waals surface area contributed by atoms with Crippen molar-refractivity contribution in [2.24, 2.45) is 0 Å². The maximum Gasteiger partial charge on any atom is 0.338 e. The first-order chi connectivity index (χ1) is 22.5. The number of benzene rings is 4. The Morgan fingerprint density at radius 1 is 0.766 bits per heavy atom. The topological polar surface area (TPSA) is 145 Å². The van der Waals surface area contributed by atoms with Gasteiger partial charge >= 0.3 is 5.97 Å². The Bertz CT molecular complexity index is 1630. The van der Waals surface area contributed by atoms with Gasteiger partial charge in [-0.3, -0.25) is 29.9 Å². The molecule has 0 aliphatic carbocycles. The minimum Gasteiger partial charge on any atom is -0.461 e. The van der Waals surface area contributed by atoms with Gasteiger partial charge in [0.25, 0.3) is 17.3 Å². The van der Waals surface area contributed by atoms with Crippen LogP contribution in [-0.4, -0.2) is 59.4 Å². The Morgan fingerprint density at radius 2 is 1.26 bits per heavy atom. The zero-order chi connectivity index (χ0) is 33.9. The average molecular weight is 683 g/mol. The van der Waals surface area contributed by atoms with E-state index in [2.05, 4.69) is 5.32 Å². The number of nitrogens with one attached hydrogen (secondary N) is 1. The third-order valence-corrected chi connectivity index (χ3v) is 8.84. The Morgan fingerprint density at radius 3 is 1.74 bits per heavy atom. The van der Waals surface area contributed by atoms with Gasteiger partial charge in [-0.25, -0.2) is 13.6 Å². The summed E-state index contributed by atoms with van der Waals surface area (Å²) < 4.78 is 31.7. The third-order valence-electron chi connectivity index (χ3n) is 6.69. The van der Waals surface area contributed by atoms with E-state index in [-0.39, 0.29) is 40.5 Å². The number of nitrogens with zero attached hydrogens (tertiary/aromatic N) is 3. The third kappa shape index (κ3) is 10.1. The van der Waals surface area contributed by atoms with Gasteiger partial charge < -0.3 is 10.1 Å². The number of carbonyl (C=O) groups excluding carboxylic acids is 2. The summed E-state index contributed by atoms with van der Waals surface area (Å²) in [7, 11) is 0. The second kappa shape index (κ2) is 16.6. The van der Waals surface area contributed by atoms with Gasteiger partial charge in [0.2, 0.25) is 0 Å². The van der Waals surface area contributed by atoms with E-state index in [1.807, 2.05) is 11.8 Å². The van der Waals surface area contributed by atoms with Crippen LogP contribution < -0.4 is 5.32 Å². The van der Waals surface area contributed by atoms with Gasteiger partial charge in [-0.1, -0.05) is 30.4 Å². The van der Waals surface area contributed by atoms with Crippen molar-refractivity contribution in [1.82, 2.24) is 10.2 Å². The number of ether oxygens (including phenoxy) is 1. The number of halogens is 2. The summed E-state index contributed by atoms with van der Waals surface area (Å²) in [4.78, 5) is 51.2. The van der Waals surface area contributed by atoms with Gasteiger partial charge in [0.15, 0.2) is 0 Å². The molecule has 4 aromatic carbocycles. The van der Waals surface area contributed by atoms with E-state index in [0.717, 1.165) is 29.6 Å². The number of rotatable bonds is 15. The summed E-state index contributed by atoms with van der Waals surface area (Å²) in [5.74, 6) is -2.09. The molecular formula is C32H28F2N4O7S2. The molecular weight excluding hydrogens is 655 g/mol. The predicted molar refractivity (Wildman–Crippen MR) is 172 cm³/mol. The lowest BCUT2D eigenvalue weighted by Crippen LogP contribution is -2.36. The van der Waals surface area contributed by atoms with Crippen LogP contribution in [0.4, 0.5) is 20.2 Å². The van der Waals surface area contributed by atoms with E-state index >= 15 is 0 Å². The molecule has 0 aliphatic rings. The van der Waals surface area contributed by atoms with Gasteiger partial charge in [0.1, 0.15) is 18.2 Å². The largest absolute Gasteiger partial charge is 0.461 e. The minimum atomic E-state index is -0.738. The number of esters is 1. The molecule has 0 atom stereocenters. The second-order valence-electron chi connectivity index (χ2n) is 9.82. The molecule has 47 heavy (non-hydrogen) atoms. The summed E-state index contributed by atoms with van der Waals surface area (Å²) in [6.07, 6.45) is 0. The molecule has 0 saturated heterocycles. The van der Waals surface area contributed by atoms with Gasteiger partial charge in [-0.05, 0) is 79.3 Å². The molecule has 0 heterocycles. The normalized spacial score (nSPS) is 10.9. The first-order valence-corrected chi connectivity index (χ1v) is 15.8. The van der Waals surface area contributed by atoms with Crippen molar-refractivity contribution in [1.29, 1.82) is 0 Å². The average Bonchev–Trinajstić information content (AvgIpc) is 3.06. The summed E-state index contributed by atoms with van der Waals surface area (Å²) >= 11 is 2.15. The molecule has 0 radical (unpaired) electrons. The second-order valence-corrected chi connectivity index (χ2v) is 12.0. The number of nitro benzene ring substituents is 2. The highest BCUT2D eigenvalue weighted by Gasteiger charge is 2.21. The quantitative estimate of drug-likeness (QED) is 0.0791. The Balaban J connectivity index is 1.27. The van der Waals surface area contributed by atoms with E-state index in [4.69, 9.17) is 4.74 Å². The lowest BCUT2D eigenvalue weighted by Gasteiger charge is -2.20. The standard InChI is InChI=1S/C32H28F2N4O7S2/c1-2-36(16-15-35-31(39)21-3-13-29(27(19-21)37(41)42)46-25-9-5-23(33)6-10-25)17-18-45-32(40)22-4-14-30(28(20-22)38(43)44)47-26-11-7-24(34)8-12-26/h3-14,19-20H,2,15-18H2,1H3,(H,35,39). The maximum absolute atomic E-state index is 13.2. The zero-order valence-electron chi connectivity index (χ0n) is 24.9. The number of carbonyl (C=O) groups is 2. The van der Waals surface area contributed by atoms with Crippen LogP contribution in [0.15, 0.2) is 105 Å². The highest BCUT2D eigenvalue weighted by molar-refractivity contribution is 7.99. The van der Waals surface area contributed by atoms with E-state index in [0.29, 0.717) is 34.3 Å². The number of likely N-dealkylation sites (N-methyl/N-ethyl adjacent to an activating group) is 1. The molecule has 244 valence electrons. The molecule has 11 nitrogen and oxygen atoms in total. The summed E-state index contributed by atoms with van der Waals surface area (Å²) in [6.45, 7) is 3.35. The van der Waals surface area contributed by atoms with Crippen molar-refractivity contribution >= 4 is 46.8 Å². The van der Waals surface area contributed by atoms with Crippen LogP contribution in [0, 0.1) is 31.9 Å². The highest BCUT2D eigenvalue weighted by atomic mass is 32.2. The first kappa shape index (κ1) is 35.0. The number of hydrogen-bond acceptors (Lipinski definition) is 10. The highest BCUT2D eigenvalue weighted by Crippen LogP contribution is 2.36. The molecule has 0 bridgehead atoms. The van der Waals surface area contributed by atoms with Crippen LogP contribution in [0.5, 0.6) is 0 Å². The molecule has 0 aromatic heterocycles. The van der Waals surface area contributed by atoms with Crippen molar-refractivity contribution in [2.75, 3.05) is 32.8 Å². The van der Waals surface area contributed by atoms with Crippen LogP contribution in [0.2, 0.25) is 0 Å². The molecule has 4 rings (SSSR count). The first-order valence-electron chi connectivity index (χ1n) is 14.2. The molecule has 0 saturated carbocycles. The van der Waals surface area contributed by atoms with E-state index < -0.39 is 33.4 Å². The smallest absolute Gasteiger partial charge is 0.338 e. The monoisotopic (exact) mass is 682 g/mol. The van der Waals surface area contributed by atoms with E-state index in [9.17, 15) is 38.6 Å². The van der Waals surface area contributed by atoms with Crippen LogP contribution in [-0.2, 0) is 4.74 Å². The Kier molecular flexibility index (Phi) is 12.4. The molecule has 1 amide bonds. The van der Waals surface area contributed by atoms with Crippen LogP contribution in [0.3, 0.4) is 0 Å². The molecule has 0 unspecified atom stereocenters. The van der Waals surface area contributed by atoms with Crippen molar-refractivity contribution < 1.29 is 33.0 Å². The number of hydrogen-bond donors (Lipinski definition) is 1. The fourth-order valence-corrected chi connectivity index (χ4v) is 6.03. The Labute approximate surface area is 276 Å². The van der Waals surface area contributed by atoms with Crippen molar-refractivity contribution in [3.05, 3.63) is 128 Å². The minimum absolute atomic E-state index is 0.00615. The van der Waals surface area contributed by atoms with Gasteiger partial charge in [0.05, 0.1) is 25.2 Å². The summed E-state index contributed by atoms with van der Waals surface area (Å²) in [5.41, 5.74) is -0.429. The molecule has 4 aromatic rings. The molecule has 0 fully saturated rings. The molecule has 1 N–H and O–H groups in total. The fraction of sp³-hybridized carbons (Fsp3) is 0.188. The van der Waals surface area contributed by atoms with Gasteiger partial charge in [-0.15, -0.1) is 0 Å². The van der Waals surface area contributed by atoms with E-state index in [1.165, 1.54) is 78.9 Å². The fourth-order valence-electron chi connectivity index (χ4n) is 4.23. The molecule has 15 heteroatoms. The zero-order valence-corrected chi connectivity index (χ0v) is 26.5. The van der Waals surface area contributed by atoms with Crippen molar-refractivity contribution in [3.8, 4) is 0 Å². The van der Waals surface area contributed by atoms with Crippen molar-refractivity contribution in [2.45, 2.75) is 26.5 Å². The SMILES string of the molecule is CCN(CCNC(=O)c1ccc(Sc2ccc(F)cc2)c([N+](=O)[O-])c1)CCOC(=O)c1ccc(Sc2ccc(F)cc2)c([N+](=O)[O-])c1. The van der Waals surface area contributed by atoms with Crippen molar-refractivity contribution in [3.63, 3.8) is 0 Å². The van der Waals surface area contributed by atoms with Gasteiger partial charge in [0, 0.05) is 47.1 Å². The lowest BCUT2D eigenvalue weighted by molar-refractivity contribution is -0.387. The summed E-state index contributed by atoms with van der Waals surface area (Å²) in [6, 6.07) is 19.2. The molecule has 0 aliphatic heterocycles. The lowest BCUT2D eigenvalue weighted by atomic mass is 10.2. The number of amides is 1. The predicted octanol–water partition coefficient (Wildman–Crippen LogP) is 6.99. The maximum atomic E-state index is 13.2. The molecule has 0 spiro atoms.